The number of nitrogens with one attached hydrogen (secondary N) is 1. The van der Waals surface area contributed by atoms with Crippen LogP contribution >= 0.6 is 27.7 Å². The number of aliphatic imine (C=N–C) groups is 1. The molecule has 1 saturated carbocycles. The van der Waals surface area contributed by atoms with Gasteiger partial charge in [0.1, 0.15) is 5.82 Å². The quantitative estimate of drug-likeness (QED) is 0.784. The van der Waals surface area contributed by atoms with E-state index in [1.54, 1.807) is 12.1 Å². The van der Waals surface area contributed by atoms with Crippen molar-refractivity contribution in [2.45, 2.75) is 24.8 Å². The van der Waals surface area contributed by atoms with E-state index in [9.17, 15) is 9.18 Å². The molecular formula is C14H14BrFN2O2S. The fraction of sp³-hybridized carbons (Fsp3) is 0.429. The lowest BCUT2D eigenvalue weighted by molar-refractivity contribution is 0.200. The molecule has 0 spiro atoms. The van der Waals surface area contributed by atoms with Gasteiger partial charge in [0.25, 0.3) is 0 Å². The zero-order valence-electron chi connectivity index (χ0n) is 11.1. The summed E-state index contributed by atoms with van der Waals surface area (Å²) in [6.45, 7) is 0. The van der Waals surface area contributed by atoms with Crippen molar-refractivity contribution in [3.8, 4) is 0 Å². The second-order valence-electron chi connectivity index (χ2n) is 5.30. The van der Waals surface area contributed by atoms with E-state index in [1.807, 2.05) is 0 Å². The molecule has 2 unspecified atom stereocenters. The van der Waals surface area contributed by atoms with Crippen LogP contribution in [0.15, 0.2) is 27.7 Å². The summed E-state index contributed by atoms with van der Waals surface area (Å²) in [5.74, 6) is 0.714. The van der Waals surface area contributed by atoms with Crippen molar-refractivity contribution in [2.24, 2.45) is 10.9 Å². The van der Waals surface area contributed by atoms with Crippen LogP contribution in [0, 0.1) is 11.7 Å². The Bertz CT molecular complexity index is 625. The molecule has 2 atom stereocenters. The van der Waals surface area contributed by atoms with E-state index in [1.165, 1.54) is 17.8 Å². The Morgan fingerprint density at radius 3 is 3.14 bits per heavy atom. The number of carboxylic acid groups (broad SMARTS) is 1. The molecule has 4 nitrogen and oxygen atoms in total. The van der Waals surface area contributed by atoms with Crippen LogP contribution in [-0.4, -0.2) is 22.1 Å². The van der Waals surface area contributed by atoms with Crippen molar-refractivity contribution in [3.63, 3.8) is 0 Å². The van der Waals surface area contributed by atoms with Crippen molar-refractivity contribution < 1.29 is 14.3 Å². The smallest absolute Gasteiger partial charge is 0.410 e. The van der Waals surface area contributed by atoms with E-state index in [0.717, 1.165) is 29.5 Å². The second kappa shape index (κ2) is 5.61. The summed E-state index contributed by atoms with van der Waals surface area (Å²) in [5.41, 5.74) is -0.0824. The lowest BCUT2D eigenvalue weighted by Gasteiger charge is -2.36. The molecule has 1 aromatic rings. The largest absolute Gasteiger partial charge is 0.465 e. The molecule has 1 amide bonds. The molecule has 0 aromatic heterocycles. The van der Waals surface area contributed by atoms with E-state index in [0.29, 0.717) is 10.7 Å². The van der Waals surface area contributed by atoms with Crippen LogP contribution < -0.4 is 5.32 Å². The van der Waals surface area contributed by atoms with Crippen molar-refractivity contribution in [1.82, 2.24) is 5.32 Å². The summed E-state index contributed by atoms with van der Waals surface area (Å²) >= 11 is 4.78. The topological polar surface area (TPSA) is 61.7 Å². The fourth-order valence-electron chi connectivity index (χ4n) is 3.22. The Morgan fingerprint density at radius 2 is 2.38 bits per heavy atom. The SMILES string of the molecule is O=C(O)NC1=NC2(c3cc(Br)ccc3F)CCCC2CS1. The van der Waals surface area contributed by atoms with Crippen LogP contribution in [0.3, 0.4) is 0 Å². The van der Waals surface area contributed by atoms with Crippen LogP contribution in [0.5, 0.6) is 0 Å². The number of amidine groups is 1. The van der Waals surface area contributed by atoms with Crippen LogP contribution in [-0.2, 0) is 5.54 Å². The molecule has 21 heavy (non-hydrogen) atoms. The van der Waals surface area contributed by atoms with Gasteiger partial charge in [-0.2, -0.15) is 0 Å². The molecule has 0 radical (unpaired) electrons. The van der Waals surface area contributed by atoms with Gasteiger partial charge in [-0.15, -0.1) is 0 Å². The second-order valence-corrected chi connectivity index (χ2v) is 7.22. The van der Waals surface area contributed by atoms with Gasteiger partial charge in [0.05, 0.1) is 5.54 Å². The van der Waals surface area contributed by atoms with Crippen molar-refractivity contribution >= 4 is 39.0 Å². The van der Waals surface area contributed by atoms with Gasteiger partial charge in [0, 0.05) is 15.8 Å². The molecular weight excluding hydrogens is 359 g/mol. The zero-order valence-corrected chi connectivity index (χ0v) is 13.5. The standard InChI is InChI=1S/C14H14BrFN2O2S/c15-9-3-4-11(16)10(6-9)14-5-1-2-8(14)7-21-12(18-14)17-13(19)20/h3-4,6,8H,1-2,5,7H2,(H,17,18)(H,19,20). The first-order chi connectivity index (χ1) is 10.0. The first kappa shape index (κ1) is 14.8. The maximum atomic E-state index is 14.3. The van der Waals surface area contributed by atoms with Gasteiger partial charge in [-0.25, -0.2) is 9.18 Å². The van der Waals surface area contributed by atoms with E-state index in [-0.39, 0.29) is 11.7 Å². The minimum atomic E-state index is -1.14. The summed E-state index contributed by atoms with van der Waals surface area (Å²) < 4.78 is 15.1. The fourth-order valence-corrected chi connectivity index (χ4v) is 4.77. The van der Waals surface area contributed by atoms with Gasteiger partial charge < -0.3 is 5.11 Å². The van der Waals surface area contributed by atoms with Gasteiger partial charge in [-0.05, 0) is 37.0 Å². The number of benzene rings is 1. The highest BCUT2D eigenvalue weighted by Crippen LogP contribution is 2.51. The lowest BCUT2D eigenvalue weighted by Crippen LogP contribution is -2.40. The number of amides is 1. The highest BCUT2D eigenvalue weighted by molar-refractivity contribution is 9.10. The predicted molar refractivity (Wildman–Crippen MR) is 84.2 cm³/mol. The lowest BCUT2D eigenvalue weighted by atomic mass is 9.81. The Morgan fingerprint density at radius 1 is 1.57 bits per heavy atom. The summed E-state index contributed by atoms with van der Waals surface area (Å²) in [7, 11) is 0. The van der Waals surface area contributed by atoms with E-state index in [4.69, 9.17) is 5.11 Å². The monoisotopic (exact) mass is 372 g/mol. The maximum absolute atomic E-state index is 14.3. The molecule has 0 saturated heterocycles. The number of hydrogen-bond donors (Lipinski definition) is 2. The highest BCUT2D eigenvalue weighted by Gasteiger charge is 2.48. The van der Waals surface area contributed by atoms with Crippen molar-refractivity contribution in [3.05, 3.63) is 34.1 Å². The minimum absolute atomic E-state index is 0.241. The van der Waals surface area contributed by atoms with Gasteiger partial charge in [-0.1, -0.05) is 34.1 Å². The Balaban J connectivity index is 2.09. The third kappa shape index (κ3) is 2.68. The molecule has 2 N–H and O–H groups in total. The summed E-state index contributed by atoms with van der Waals surface area (Å²) in [4.78, 5) is 15.4. The van der Waals surface area contributed by atoms with Crippen LogP contribution in [0.25, 0.3) is 0 Å². The van der Waals surface area contributed by atoms with Gasteiger partial charge in [0.2, 0.25) is 0 Å². The number of fused-ring (bicyclic) bond motifs is 1. The van der Waals surface area contributed by atoms with E-state index >= 15 is 0 Å². The molecule has 1 aromatic carbocycles. The summed E-state index contributed by atoms with van der Waals surface area (Å²) in [5, 5.41) is 11.6. The molecule has 112 valence electrons. The Kier molecular flexibility index (Phi) is 3.96. The third-order valence-electron chi connectivity index (χ3n) is 4.12. The number of nitrogens with zero attached hydrogens (tertiary/aromatic N) is 1. The van der Waals surface area contributed by atoms with E-state index in [2.05, 4.69) is 26.2 Å². The highest BCUT2D eigenvalue weighted by atomic mass is 79.9. The van der Waals surface area contributed by atoms with Crippen LogP contribution in [0.4, 0.5) is 9.18 Å². The first-order valence-electron chi connectivity index (χ1n) is 6.69. The average molecular weight is 373 g/mol. The first-order valence-corrected chi connectivity index (χ1v) is 8.47. The van der Waals surface area contributed by atoms with Crippen LogP contribution in [0.2, 0.25) is 0 Å². The maximum Gasteiger partial charge on any atom is 0.410 e. The predicted octanol–water partition coefficient (Wildman–Crippen LogP) is 3.95. The number of halogens is 2. The number of thioether (sulfide) groups is 1. The molecule has 7 heteroatoms. The summed E-state index contributed by atoms with van der Waals surface area (Å²) in [6, 6.07) is 4.87. The van der Waals surface area contributed by atoms with Gasteiger partial charge >= 0.3 is 6.09 Å². The zero-order chi connectivity index (χ0) is 15.0. The van der Waals surface area contributed by atoms with Gasteiger partial charge in [-0.3, -0.25) is 10.3 Å². The average Bonchev–Trinajstić information content (AvgIpc) is 2.84. The molecule has 1 fully saturated rings. The van der Waals surface area contributed by atoms with E-state index < -0.39 is 11.6 Å². The number of rotatable bonds is 1. The normalized spacial score (nSPS) is 27.9. The number of carbonyl (C=O) groups is 1. The molecule has 0 bridgehead atoms. The molecule has 1 aliphatic carbocycles. The Labute approximate surface area is 134 Å². The molecule has 1 heterocycles. The molecule has 1 aliphatic heterocycles. The molecule has 3 rings (SSSR count). The van der Waals surface area contributed by atoms with Gasteiger partial charge in [0.15, 0.2) is 5.17 Å². The molecule has 2 aliphatic rings. The van der Waals surface area contributed by atoms with Crippen molar-refractivity contribution in [2.75, 3.05) is 5.75 Å². The minimum Gasteiger partial charge on any atom is -0.465 e. The van der Waals surface area contributed by atoms with Crippen LogP contribution in [0.1, 0.15) is 24.8 Å². The number of hydrogen-bond acceptors (Lipinski definition) is 3. The third-order valence-corrected chi connectivity index (χ3v) is 5.65. The van der Waals surface area contributed by atoms with Crippen molar-refractivity contribution in [1.29, 1.82) is 0 Å². The summed E-state index contributed by atoms with van der Waals surface area (Å²) in [6.07, 6.45) is 1.57. The Hall–Kier alpha value is -1.08.